The Balaban J connectivity index is 1.81. The molecule has 0 aliphatic heterocycles. The molecule has 2 atom stereocenters. The van der Waals surface area contributed by atoms with Crippen LogP contribution in [0.4, 0.5) is 0 Å². The van der Waals surface area contributed by atoms with Crippen molar-refractivity contribution in [3.05, 3.63) is 65.2 Å². The van der Waals surface area contributed by atoms with Crippen LogP contribution in [-0.2, 0) is 12.8 Å². The van der Waals surface area contributed by atoms with Gasteiger partial charge in [0.25, 0.3) is 0 Å². The number of rotatable bonds is 4. The van der Waals surface area contributed by atoms with Crippen molar-refractivity contribution in [2.45, 2.75) is 25.3 Å². The minimum absolute atomic E-state index is 0.432. The van der Waals surface area contributed by atoms with E-state index in [4.69, 9.17) is 4.74 Å². The Kier molecular flexibility index (Phi) is 4.26. The van der Waals surface area contributed by atoms with E-state index < -0.39 is 0 Å². The Morgan fingerprint density at radius 1 is 1.10 bits per heavy atom. The van der Waals surface area contributed by atoms with Crippen LogP contribution in [0.15, 0.2) is 48.5 Å². The van der Waals surface area contributed by atoms with Gasteiger partial charge in [0.15, 0.2) is 0 Å². The molecule has 2 unspecified atom stereocenters. The Morgan fingerprint density at radius 2 is 1.90 bits per heavy atom. The van der Waals surface area contributed by atoms with Crippen LogP contribution in [0, 0.1) is 5.92 Å². The maximum absolute atomic E-state index is 5.33. The van der Waals surface area contributed by atoms with E-state index in [1.807, 2.05) is 0 Å². The first-order valence-electron chi connectivity index (χ1n) is 7.70. The van der Waals surface area contributed by atoms with Gasteiger partial charge in [0.2, 0.25) is 0 Å². The highest BCUT2D eigenvalue weighted by Crippen LogP contribution is 2.35. The monoisotopic (exact) mass is 281 g/mol. The molecule has 0 spiro atoms. The lowest BCUT2D eigenvalue weighted by atomic mass is 9.78. The number of nitrogens with one attached hydrogen (secondary N) is 1. The normalized spacial score (nSPS) is 18.9. The third-order valence-corrected chi connectivity index (χ3v) is 4.62. The van der Waals surface area contributed by atoms with Crippen molar-refractivity contribution < 1.29 is 4.74 Å². The van der Waals surface area contributed by atoms with Crippen LogP contribution >= 0.6 is 0 Å². The summed E-state index contributed by atoms with van der Waals surface area (Å²) in [6.07, 6.45) is 3.50. The molecule has 0 saturated carbocycles. The summed E-state index contributed by atoms with van der Waals surface area (Å²) in [4.78, 5) is 0. The molecule has 0 amide bonds. The summed E-state index contributed by atoms with van der Waals surface area (Å²) >= 11 is 0. The van der Waals surface area contributed by atoms with Crippen LogP contribution in [0.3, 0.4) is 0 Å². The molecule has 0 bridgehead atoms. The molecule has 1 N–H and O–H groups in total. The quantitative estimate of drug-likeness (QED) is 0.921. The van der Waals surface area contributed by atoms with Gasteiger partial charge in [0.1, 0.15) is 5.75 Å². The summed E-state index contributed by atoms with van der Waals surface area (Å²) in [5.74, 6) is 1.62. The molecule has 0 heterocycles. The number of aryl methyl sites for hydroxylation is 1. The summed E-state index contributed by atoms with van der Waals surface area (Å²) in [6.45, 7) is 0. The first-order valence-corrected chi connectivity index (χ1v) is 7.70. The van der Waals surface area contributed by atoms with E-state index in [2.05, 4.69) is 60.9 Å². The molecule has 1 aliphatic carbocycles. The van der Waals surface area contributed by atoms with Gasteiger partial charge in [0.05, 0.1) is 7.11 Å². The zero-order valence-corrected chi connectivity index (χ0v) is 12.8. The fraction of sp³-hybridized carbons (Fsp3) is 0.368. The van der Waals surface area contributed by atoms with Gasteiger partial charge in [-0.25, -0.2) is 0 Å². The molecule has 21 heavy (non-hydrogen) atoms. The van der Waals surface area contributed by atoms with Gasteiger partial charge >= 0.3 is 0 Å². The smallest absolute Gasteiger partial charge is 0.119 e. The van der Waals surface area contributed by atoms with Gasteiger partial charge in [-0.3, -0.25) is 0 Å². The third kappa shape index (κ3) is 2.96. The lowest BCUT2D eigenvalue weighted by Crippen LogP contribution is -2.29. The molecular formula is C19H23NO. The fourth-order valence-electron chi connectivity index (χ4n) is 3.51. The average Bonchev–Trinajstić information content (AvgIpc) is 2.56. The van der Waals surface area contributed by atoms with Crippen LogP contribution in [0.1, 0.15) is 29.2 Å². The molecule has 0 saturated heterocycles. The van der Waals surface area contributed by atoms with E-state index in [1.54, 1.807) is 7.11 Å². The lowest BCUT2D eigenvalue weighted by Gasteiger charge is -2.32. The second-order valence-electron chi connectivity index (χ2n) is 5.81. The lowest BCUT2D eigenvalue weighted by molar-refractivity contribution is 0.341. The van der Waals surface area contributed by atoms with E-state index in [-0.39, 0.29) is 0 Å². The minimum Gasteiger partial charge on any atom is -0.497 e. The molecule has 2 aromatic carbocycles. The van der Waals surface area contributed by atoms with E-state index in [9.17, 15) is 0 Å². The van der Waals surface area contributed by atoms with E-state index in [0.717, 1.165) is 18.6 Å². The topological polar surface area (TPSA) is 21.3 Å². The van der Waals surface area contributed by atoms with Crippen molar-refractivity contribution in [1.29, 1.82) is 0 Å². The first kappa shape index (κ1) is 14.2. The minimum atomic E-state index is 0.432. The molecule has 3 rings (SSSR count). The van der Waals surface area contributed by atoms with Crippen LogP contribution in [0.25, 0.3) is 0 Å². The largest absolute Gasteiger partial charge is 0.497 e. The number of fused-ring (bicyclic) bond motifs is 1. The zero-order valence-electron chi connectivity index (χ0n) is 12.8. The Labute approximate surface area is 127 Å². The SMILES string of the molecule is CNC(c1ccccc1)C1CCc2cc(OC)ccc2C1. The molecule has 2 aromatic rings. The van der Waals surface area contributed by atoms with Crippen molar-refractivity contribution in [2.24, 2.45) is 5.92 Å². The number of benzene rings is 2. The summed E-state index contributed by atoms with van der Waals surface area (Å²) in [5.41, 5.74) is 4.32. The zero-order chi connectivity index (χ0) is 14.7. The second kappa shape index (κ2) is 6.31. The van der Waals surface area contributed by atoms with Crippen molar-refractivity contribution in [3.8, 4) is 5.75 Å². The second-order valence-corrected chi connectivity index (χ2v) is 5.81. The number of ether oxygens (including phenoxy) is 1. The Bertz CT molecular complexity index is 594. The van der Waals surface area contributed by atoms with Gasteiger partial charge in [-0.05, 0) is 61.1 Å². The standard InChI is InChI=1S/C19H23NO/c1-20-19(14-6-4-3-5-7-14)17-9-8-16-13-18(21-2)11-10-15(16)12-17/h3-7,10-11,13,17,19-20H,8-9,12H2,1-2H3. The highest BCUT2D eigenvalue weighted by atomic mass is 16.5. The molecule has 110 valence electrons. The molecule has 0 radical (unpaired) electrons. The first-order chi connectivity index (χ1) is 10.3. The number of methoxy groups -OCH3 is 1. The number of hydrogen-bond acceptors (Lipinski definition) is 2. The number of hydrogen-bond donors (Lipinski definition) is 1. The van der Waals surface area contributed by atoms with Gasteiger partial charge in [-0.2, -0.15) is 0 Å². The maximum Gasteiger partial charge on any atom is 0.119 e. The predicted molar refractivity (Wildman–Crippen MR) is 86.8 cm³/mol. The molecule has 1 aliphatic rings. The van der Waals surface area contributed by atoms with Gasteiger partial charge in [-0.1, -0.05) is 36.4 Å². The summed E-state index contributed by atoms with van der Waals surface area (Å²) < 4.78 is 5.33. The van der Waals surface area contributed by atoms with Crippen molar-refractivity contribution in [2.75, 3.05) is 14.2 Å². The van der Waals surface area contributed by atoms with E-state index in [0.29, 0.717) is 12.0 Å². The Morgan fingerprint density at radius 3 is 2.62 bits per heavy atom. The van der Waals surface area contributed by atoms with Crippen molar-refractivity contribution >= 4 is 0 Å². The summed E-state index contributed by atoms with van der Waals surface area (Å²) in [6, 6.07) is 17.7. The van der Waals surface area contributed by atoms with Gasteiger partial charge in [-0.15, -0.1) is 0 Å². The van der Waals surface area contributed by atoms with Crippen LogP contribution in [-0.4, -0.2) is 14.2 Å². The third-order valence-electron chi connectivity index (χ3n) is 4.62. The van der Waals surface area contributed by atoms with Gasteiger partial charge in [0, 0.05) is 6.04 Å². The highest BCUT2D eigenvalue weighted by Gasteiger charge is 2.26. The average molecular weight is 281 g/mol. The molecule has 2 nitrogen and oxygen atoms in total. The molecular weight excluding hydrogens is 258 g/mol. The van der Waals surface area contributed by atoms with Crippen molar-refractivity contribution in [1.82, 2.24) is 5.32 Å². The predicted octanol–water partition coefficient (Wildman–Crippen LogP) is 3.76. The fourth-order valence-corrected chi connectivity index (χ4v) is 3.51. The molecule has 0 fully saturated rings. The van der Waals surface area contributed by atoms with Gasteiger partial charge < -0.3 is 10.1 Å². The van der Waals surface area contributed by atoms with E-state index in [1.165, 1.54) is 23.1 Å². The molecule has 2 heteroatoms. The van der Waals surface area contributed by atoms with E-state index >= 15 is 0 Å². The van der Waals surface area contributed by atoms with Crippen LogP contribution in [0.5, 0.6) is 5.75 Å². The highest BCUT2D eigenvalue weighted by molar-refractivity contribution is 5.38. The van der Waals surface area contributed by atoms with Crippen LogP contribution in [0.2, 0.25) is 0 Å². The summed E-state index contributed by atoms with van der Waals surface area (Å²) in [7, 11) is 3.81. The van der Waals surface area contributed by atoms with Crippen molar-refractivity contribution in [3.63, 3.8) is 0 Å². The summed E-state index contributed by atoms with van der Waals surface area (Å²) in [5, 5.41) is 3.52. The molecule has 0 aromatic heterocycles. The Hall–Kier alpha value is -1.80. The maximum atomic E-state index is 5.33. The van der Waals surface area contributed by atoms with Crippen LogP contribution < -0.4 is 10.1 Å².